The quantitative estimate of drug-likeness (QED) is 0.593. The molecule has 1 saturated heterocycles. The molecule has 2 aromatic heterocycles. The Balaban J connectivity index is 1.47. The van der Waals surface area contributed by atoms with Crippen molar-refractivity contribution in [2.75, 3.05) is 11.9 Å². The molecule has 1 N–H and O–H groups in total. The van der Waals surface area contributed by atoms with E-state index in [2.05, 4.69) is 15.3 Å². The number of nitrogens with one attached hydrogen (secondary N) is 1. The van der Waals surface area contributed by atoms with E-state index in [0.717, 1.165) is 36.9 Å². The molecule has 1 aromatic carbocycles. The highest BCUT2D eigenvalue weighted by atomic mass is 32.2. The maximum atomic E-state index is 13.1. The molecule has 3 aromatic rings. The fourth-order valence-corrected chi connectivity index (χ4v) is 6.25. The smallest absolute Gasteiger partial charge is 0.257 e. The number of aromatic nitrogens is 2. The first-order chi connectivity index (χ1) is 15.0. The van der Waals surface area contributed by atoms with Gasteiger partial charge in [-0.1, -0.05) is 13.3 Å². The summed E-state index contributed by atoms with van der Waals surface area (Å²) < 4.78 is 27.8. The minimum Gasteiger partial charge on any atom is -0.298 e. The van der Waals surface area contributed by atoms with Crippen molar-refractivity contribution in [1.82, 2.24) is 14.3 Å². The third-order valence-corrected chi connectivity index (χ3v) is 8.19. The van der Waals surface area contributed by atoms with Gasteiger partial charge in [0.15, 0.2) is 5.13 Å². The Kier molecular flexibility index (Phi) is 6.45. The summed E-state index contributed by atoms with van der Waals surface area (Å²) in [6.45, 7) is 2.57. The van der Waals surface area contributed by atoms with E-state index in [1.165, 1.54) is 23.5 Å². The maximum absolute atomic E-state index is 13.1. The zero-order chi connectivity index (χ0) is 21.8. The standard InChI is InChI=1S/C22H24N4O3S2/c1-2-18-5-3-4-14-26(18)31(28,29)19-8-6-17(7-9-19)21(27)25-22-24-20(15-30-22)16-10-12-23-13-11-16/h6-13,15,18H,2-5,14H2,1H3,(H,24,25,27)/t18-/m1/s1. The van der Waals surface area contributed by atoms with Gasteiger partial charge in [-0.15, -0.1) is 11.3 Å². The first-order valence-electron chi connectivity index (χ1n) is 10.3. The van der Waals surface area contributed by atoms with Crippen molar-refractivity contribution >= 4 is 32.4 Å². The number of nitrogens with zero attached hydrogens (tertiary/aromatic N) is 3. The molecule has 162 valence electrons. The minimum atomic E-state index is -3.57. The van der Waals surface area contributed by atoms with Crippen LogP contribution in [0.25, 0.3) is 11.3 Å². The lowest BCUT2D eigenvalue weighted by Crippen LogP contribution is -2.43. The van der Waals surface area contributed by atoms with Gasteiger partial charge in [-0.05, 0) is 55.7 Å². The van der Waals surface area contributed by atoms with Gasteiger partial charge in [-0.25, -0.2) is 13.4 Å². The predicted molar refractivity (Wildman–Crippen MR) is 122 cm³/mol. The SMILES string of the molecule is CC[C@@H]1CCCCN1S(=O)(=O)c1ccc(C(=O)Nc2nc(-c3ccncc3)cs2)cc1. The molecule has 0 spiro atoms. The van der Waals surface area contributed by atoms with Crippen molar-refractivity contribution in [3.05, 3.63) is 59.7 Å². The number of amides is 1. The van der Waals surface area contributed by atoms with E-state index in [9.17, 15) is 13.2 Å². The average molecular weight is 457 g/mol. The number of thiazole rings is 1. The molecule has 31 heavy (non-hydrogen) atoms. The third-order valence-electron chi connectivity index (χ3n) is 5.47. The number of hydrogen-bond donors (Lipinski definition) is 1. The van der Waals surface area contributed by atoms with Crippen LogP contribution in [0.5, 0.6) is 0 Å². The number of carbonyl (C=O) groups excluding carboxylic acids is 1. The number of sulfonamides is 1. The fraction of sp³-hybridized carbons (Fsp3) is 0.318. The average Bonchev–Trinajstić information content (AvgIpc) is 3.28. The summed E-state index contributed by atoms with van der Waals surface area (Å²) in [5, 5.41) is 5.12. The molecule has 4 rings (SSSR count). The van der Waals surface area contributed by atoms with Gasteiger partial charge in [0.2, 0.25) is 10.0 Å². The Hall–Kier alpha value is -2.62. The van der Waals surface area contributed by atoms with Crippen LogP contribution in [0.2, 0.25) is 0 Å². The lowest BCUT2D eigenvalue weighted by atomic mass is 10.0. The highest BCUT2D eigenvalue weighted by Gasteiger charge is 2.32. The van der Waals surface area contributed by atoms with Crippen LogP contribution in [-0.2, 0) is 10.0 Å². The maximum Gasteiger partial charge on any atom is 0.257 e. The third kappa shape index (κ3) is 4.68. The highest BCUT2D eigenvalue weighted by Crippen LogP contribution is 2.28. The predicted octanol–water partition coefficient (Wildman–Crippen LogP) is 4.41. The topological polar surface area (TPSA) is 92.3 Å². The molecule has 0 saturated carbocycles. The zero-order valence-corrected chi connectivity index (χ0v) is 18.8. The monoisotopic (exact) mass is 456 g/mol. The van der Waals surface area contributed by atoms with E-state index in [0.29, 0.717) is 17.2 Å². The Morgan fingerprint density at radius 3 is 2.61 bits per heavy atom. The second-order valence-corrected chi connectivity index (χ2v) is 10.2. The number of pyridine rings is 1. The molecule has 0 radical (unpaired) electrons. The van der Waals surface area contributed by atoms with E-state index < -0.39 is 10.0 Å². The number of benzene rings is 1. The molecular formula is C22H24N4O3S2. The van der Waals surface area contributed by atoms with Crippen LogP contribution < -0.4 is 5.32 Å². The zero-order valence-electron chi connectivity index (χ0n) is 17.2. The van der Waals surface area contributed by atoms with Gasteiger partial charge in [0.05, 0.1) is 10.6 Å². The molecule has 1 fully saturated rings. The number of rotatable bonds is 6. The molecule has 3 heterocycles. The molecule has 1 aliphatic rings. The lowest BCUT2D eigenvalue weighted by molar-refractivity contribution is 0.102. The first kappa shape index (κ1) is 21.6. The molecule has 1 atom stereocenters. The van der Waals surface area contributed by atoms with Gasteiger partial charge >= 0.3 is 0 Å². The number of carbonyl (C=O) groups is 1. The van der Waals surface area contributed by atoms with Gasteiger partial charge < -0.3 is 0 Å². The van der Waals surface area contributed by atoms with E-state index in [1.54, 1.807) is 28.8 Å². The normalized spacial score (nSPS) is 17.4. The number of piperidine rings is 1. The second kappa shape index (κ2) is 9.25. The van der Waals surface area contributed by atoms with Gasteiger partial charge in [-0.2, -0.15) is 4.31 Å². The van der Waals surface area contributed by atoms with Gasteiger partial charge in [0, 0.05) is 41.5 Å². The van der Waals surface area contributed by atoms with Crippen molar-refractivity contribution < 1.29 is 13.2 Å². The summed E-state index contributed by atoms with van der Waals surface area (Å²) in [6.07, 6.45) is 7.01. The molecule has 0 unspecified atom stereocenters. The van der Waals surface area contributed by atoms with Crippen LogP contribution in [-0.4, -0.2) is 41.2 Å². The molecule has 1 aliphatic heterocycles. The summed E-state index contributed by atoms with van der Waals surface area (Å²) in [7, 11) is -3.57. The molecule has 1 amide bonds. The lowest BCUT2D eigenvalue weighted by Gasteiger charge is -2.34. The van der Waals surface area contributed by atoms with Gasteiger partial charge in [0.25, 0.3) is 5.91 Å². The second-order valence-electron chi connectivity index (χ2n) is 7.43. The minimum absolute atomic E-state index is 0.0428. The molecular weight excluding hydrogens is 432 g/mol. The van der Waals surface area contributed by atoms with Crippen LogP contribution in [0.4, 0.5) is 5.13 Å². The van der Waals surface area contributed by atoms with Gasteiger partial charge in [0.1, 0.15) is 0 Å². The van der Waals surface area contributed by atoms with Crippen LogP contribution >= 0.6 is 11.3 Å². The highest BCUT2D eigenvalue weighted by molar-refractivity contribution is 7.89. The largest absolute Gasteiger partial charge is 0.298 e. The van der Waals surface area contributed by atoms with Crippen molar-refractivity contribution in [2.45, 2.75) is 43.5 Å². The Labute approximate surface area is 186 Å². The number of hydrogen-bond acceptors (Lipinski definition) is 6. The Morgan fingerprint density at radius 1 is 1.16 bits per heavy atom. The Morgan fingerprint density at radius 2 is 1.90 bits per heavy atom. The summed E-state index contributed by atoms with van der Waals surface area (Å²) >= 11 is 1.33. The van der Waals surface area contributed by atoms with E-state index >= 15 is 0 Å². The van der Waals surface area contributed by atoms with Gasteiger partial charge in [-0.3, -0.25) is 15.1 Å². The Bertz CT molecular complexity index is 1150. The molecule has 0 bridgehead atoms. The van der Waals surface area contributed by atoms with Crippen LogP contribution in [0.15, 0.2) is 59.1 Å². The van der Waals surface area contributed by atoms with Crippen LogP contribution in [0.3, 0.4) is 0 Å². The van der Waals surface area contributed by atoms with Crippen molar-refractivity contribution in [1.29, 1.82) is 0 Å². The van der Waals surface area contributed by atoms with Crippen molar-refractivity contribution in [3.63, 3.8) is 0 Å². The summed E-state index contributed by atoms with van der Waals surface area (Å²) in [5.41, 5.74) is 2.06. The fourth-order valence-electron chi connectivity index (χ4n) is 3.77. The summed E-state index contributed by atoms with van der Waals surface area (Å²) in [5.74, 6) is -0.330. The van der Waals surface area contributed by atoms with Crippen molar-refractivity contribution in [3.8, 4) is 11.3 Å². The van der Waals surface area contributed by atoms with Crippen LogP contribution in [0, 0.1) is 0 Å². The summed E-state index contributed by atoms with van der Waals surface area (Å²) in [4.78, 5) is 21.3. The van der Waals surface area contributed by atoms with Crippen molar-refractivity contribution in [2.24, 2.45) is 0 Å². The van der Waals surface area contributed by atoms with E-state index in [-0.39, 0.29) is 16.8 Å². The van der Waals surface area contributed by atoms with Crippen LogP contribution in [0.1, 0.15) is 43.0 Å². The van der Waals surface area contributed by atoms with E-state index in [1.807, 2.05) is 24.4 Å². The molecule has 0 aliphatic carbocycles. The number of anilines is 1. The molecule has 9 heteroatoms. The first-order valence-corrected chi connectivity index (χ1v) is 12.6. The molecule has 7 nitrogen and oxygen atoms in total. The summed E-state index contributed by atoms with van der Waals surface area (Å²) in [6, 6.07) is 9.86. The van der Waals surface area contributed by atoms with E-state index in [4.69, 9.17) is 0 Å².